The second-order valence-corrected chi connectivity index (χ2v) is 7.35. The van der Waals surface area contributed by atoms with Crippen LogP contribution < -0.4 is 10.1 Å². The van der Waals surface area contributed by atoms with Gasteiger partial charge < -0.3 is 25.2 Å². The van der Waals surface area contributed by atoms with Crippen LogP contribution in [0.5, 0.6) is 11.5 Å². The Bertz CT molecular complexity index is 1060. The number of halogens is 1. The molecule has 1 fully saturated rings. The van der Waals surface area contributed by atoms with Crippen LogP contribution in [0.4, 0.5) is 0 Å². The van der Waals surface area contributed by atoms with Gasteiger partial charge in [-0.1, -0.05) is 17.7 Å². The number of aromatic hydroxyl groups is 1. The zero-order chi connectivity index (χ0) is 22.7. The molecule has 1 aliphatic rings. The Morgan fingerprint density at radius 3 is 2.48 bits per heavy atom. The van der Waals surface area contributed by atoms with E-state index in [0.717, 1.165) is 0 Å². The van der Waals surface area contributed by atoms with Gasteiger partial charge in [0, 0.05) is 30.6 Å². The summed E-state index contributed by atoms with van der Waals surface area (Å²) in [6.07, 6.45) is 0. The molecule has 2 aromatic carbocycles. The molecule has 31 heavy (non-hydrogen) atoms. The van der Waals surface area contributed by atoms with Crippen molar-refractivity contribution in [2.24, 2.45) is 0 Å². The SMILES string of the molecule is COc1cc(C2/C(=C(\O)c3ccc(Cl)cc3)C(=O)C(=O)N2CCNC(C)=O)ccc1O. The van der Waals surface area contributed by atoms with E-state index in [2.05, 4.69) is 5.32 Å². The molecule has 162 valence electrons. The first-order chi connectivity index (χ1) is 14.7. The van der Waals surface area contributed by atoms with E-state index >= 15 is 0 Å². The molecule has 1 heterocycles. The van der Waals surface area contributed by atoms with Crippen LogP contribution in [0, 0.1) is 0 Å². The fourth-order valence-corrected chi connectivity index (χ4v) is 3.56. The Kier molecular flexibility index (Phi) is 6.50. The van der Waals surface area contributed by atoms with Crippen molar-refractivity contribution in [2.45, 2.75) is 13.0 Å². The van der Waals surface area contributed by atoms with Gasteiger partial charge in [0.05, 0.1) is 18.7 Å². The lowest BCUT2D eigenvalue weighted by molar-refractivity contribution is -0.140. The van der Waals surface area contributed by atoms with Gasteiger partial charge in [-0.25, -0.2) is 0 Å². The number of ether oxygens (including phenoxy) is 1. The summed E-state index contributed by atoms with van der Waals surface area (Å²) in [6.45, 7) is 1.50. The molecule has 0 radical (unpaired) electrons. The van der Waals surface area contributed by atoms with Gasteiger partial charge in [-0.2, -0.15) is 0 Å². The molecule has 3 N–H and O–H groups in total. The van der Waals surface area contributed by atoms with Crippen LogP contribution >= 0.6 is 11.6 Å². The van der Waals surface area contributed by atoms with Gasteiger partial charge >= 0.3 is 0 Å². The molecule has 3 rings (SSSR count). The number of rotatable bonds is 6. The highest BCUT2D eigenvalue weighted by Gasteiger charge is 2.46. The van der Waals surface area contributed by atoms with Crippen LogP contribution in [0.1, 0.15) is 24.1 Å². The molecule has 0 aromatic heterocycles. The number of carbonyl (C=O) groups is 3. The molecule has 1 saturated heterocycles. The number of aliphatic hydroxyl groups excluding tert-OH is 1. The van der Waals surface area contributed by atoms with Crippen LogP contribution in [0.2, 0.25) is 5.02 Å². The number of ketones is 1. The number of carbonyl (C=O) groups excluding carboxylic acids is 3. The van der Waals surface area contributed by atoms with Gasteiger partial charge in [-0.3, -0.25) is 14.4 Å². The van der Waals surface area contributed by atoms with Gasteiger partial charge in [0.25, 0.3) is 11.7 Å². The third-order valence-corrected chi connectivity index (χ3v) is 5.16. The first-order valence-electron chi connectivity index (χ1n) is 9.40. The molecule has 0 saturated carbocycles. The molecule has 2 aromatic rings. The number of benzene rings is 2. The van der Waals surface area contributed by atoms with Crippen LogP contribution in [-0.4, -0.2) is 52.9 Å². The number of methoxy groups -OCH3 is 1. The zero-order valence-electron chi connectivity index (χ0n) is 16.9. The maximum Gasteiger partial charge on any atom is 0.295 e. The highest BCUT2D eigenvalue weighted by molar-refractivity contribution is 6.46. The Morgan fingerprint density at radius 2 is 1.87 bits per heavy atom. The fraction of sp³-hybridized carbons (Fsp3) is 0.227. The Morgan fingerprint density at radius 1 is 1.19 bits per heavy atom. The maximum atomic E-state index is 12.9. The minimum atomic E-state index is -0.945. The topological polar surface area (TPSA) is 116 Å². The summed E-state index contributed by atoms with van der Waals surface area (Å²) in [6, 6.07) is 9.66. The number of phenolic OH excluding ortho intramolecular Hbond substituents is 1. The molecule has 0 bridgehead atoms. The van der Waals surface area contributed by atoms with E-state index in [4.69, 9.17) is 16.3 Å². The number of nitrogens with one attached hydrogen (secondary N) is 1. The standard InChI is InChI=1S/C22H21ClN2O6/c1-12(26)24-9-10-25-19(14-5-8-16(27)17(11-14)31-2)18(21(29)22(25)30)20(28)13-3-6-15(23)7-4-13/h3-8,11,19,27-28H,9-10H2,1-2H3,(H,24,26)/b20-18+. The molecule has 0 aliphatic carbocycles. The van der Waals surface area contributed by atoms with Gasteiger partial charge in [-0.05, 0) is 42.0 Å². The van der Waals surface area contributed by atoms with E-state index < -0.39 is 17.7 Å². The minimum absolute atomic E-state index is 0.0371. The van der Waals surface area contributed by atoms with E-state index in [1.54, 1.807) is 12.1 Å². The molecular formula is C22H21ClN2O6. The Labute approximate surface area is 183 Å². The van der Waals surface area contributed by atoms with Crippen molar-refractivity contribution in [2.75, 3.05) is 20.2 Å². The van der Waals surface area contributed by atoms with Gasteiger partial charge in [0.15, 0.2) is 11.5 Å². The summed E-state index contributed by atoms with van der Waals surface area (Å²) < 4.78 is 5.15. The summed E-state index contributed by atoms with van der Waals surface area (Å²) in [4.78, 5) is 38.2. The van der Waals surface area contributed by atoms with Crippen LogP contribution in [-0.2, 0) is 14.4 Å². The van der Waals surface area contributed by atoms with Crippen molar-refractivity contribution in [3.05, 3.63) is 64.2 Å². The highest BCUT2D eigenvalue weighted by atomic mass is 35.5. The lowest BCUT2D eigenvalue weighted by Gasteiger charge is -2.25. The third kappa shape index (κ3) is 4.49. The number of nitrogens with zero attached hydrogens (tertiary/aromatic N) is 1. The summed E-state index contributed by atoms with van der Waals surface area (Å²) in [5.74, 6) is -2.25. The summed E-state index contributed by atoms with van der Waals surface area (Å²) in [7, 11) is 1.38. The predicted octanol–water partition coefficient (Wildman–Crippen LogP) is 2.61. The molecule has 0 spiro atoms. The molecule has 8 nitrogen and oxygen atoms in total. The Balaban J connectivity index is 2.14. The number of hydrogen-bond acceptors (Lipinski definition) is 6. The lowest BCUT2D eigenvalue weighted by atomic mass is 9.95. The van der Waals surface area contributed by atoms with Crippen molar-refractivity contribution < 1.29 is 29.3 Å². The second-order valence-electron chi connectivity index (χ2n) is 6.91. The number of aliphatic hydroxyl groups is 1. The first-order valence-corrected chi connectivity index (χ1v) is 9.78. The van der Waals surface area contributed by atoms with E-state index in [9.17, 15) is 24.6 Å². The number of phenols is 1. The molecule has 1 atom stereocenters. The number of likely N-dealkylation sites (tertiary alicyclic amines) is 1. The van der Waals surface area contributed by atoms with E-state index in [1.807, 2.05) is 0 Å². The normalized spacial score (nSPS) is 17.6. The second kappa shape index (κ2) is 9.09. The largest absolute Gasteiger partial charge is 0.507 e. The minimum Gasteiger partial charge on any atom is -0.507 e. The van der Waals surface area contributed by atoms with Crippen molar-refractivity contribution in [3.63, 3.8) is 0 Å². The Hall–Kier alpha value is -3.52. The van der Waals surface area contributed by atoms with Crippen molar-refractivity contribution in [1.29, 1.82) is 0 Å². The maximum absolute atomic E-state index is 12.9. The predicted molar refractivity (Wildman–Crippen MR) is 114 cm³/mol. The fourth-order valence-electron chi connectivity index (χ4n) is 3.44. The highest BCUT2D eigenvalue weighted by Crippen LogP contribution is 2.41. The molecule has 9 heteroatoms. The molecule has 1 unspecified atom stereocenters. The van der Waals surface area contributed by atoms with Crippen LogP contribution in [0.25, 0.3) is 5.76 Å². The summed E-state index contributed by atoms with van der Waals surface area (Å²) >= 11 is 5.91. The van der Waals surface area contributed by atoms with Crippen LogP contribution in [0.3, 0.4) is 0 Å². The smallest absolute Gasteiger partial charge is 0.295 e. The van der Waals surface area contributed by atoms with Crippen molar-refractivity contribution in [3.8, 4) is 11.5 Å². The third-order valence-electron chi connectivity index (χ3n) is 4.90. The average Bonchev–Trinajstić information content (AvgIpc) is 2.99. The first kappa shape index (κ1) is 22.2. The average molecular weight is 445 g/mol. The zero-order valence-corrected chi connectivity index (χ0v) is 17.6. The number of hydrogen-bond donors (Lipinski definition) is 3. The monoisotopic (exact) mass is 444 g/mol. The van der Waals surface area contributed by atoms with Gasteiger partial charge in [-0.15, -0.1) is 0 Å². The molecular weight excluding hydrogens is 424 g/mol. The van der Waals surface area contributed by atoms with E-state index in [-0.39, 0.29) is 41.8 Å². The van der Waals surface area contributed by atoms with Gasteiger partial charge in [0.1, 0.15) is 5.76 Å². The number of Topliss-reactive ketones (excluding diaryl/α,β-unsaturated/α-hetero) is 1. The molecule has 2 amide bonds. The number of amides is 2. The van der Waals surface area contributed by atoms with Crippen molar-refractivity contribution in [1.82, 2.24) is 10.2 Å². The van der Waals surface area contributed by atoms with Crippen LogP contribution in [0.15, 0.2) is 48.0 Å². The van der Waals surface area contributed by atoms with Crippen molar-refractivity contribution >= 4 is 35.0 Å². The quantitative estimate of drug-likeness (QED) is 0.358. The molecule has 1 aliphatic heterocycles. The lowest BCUT2D eigenvalue weighted by Crippen LogP contribution is -2.37. The van der Waals surface area contributed by atoms with Gasteiger partial charge in [0.2, 0.25) is 5.91 Å². The van der Waals surface area contributed by atoms with E-state index in [0.29, 0.717) is 16.1 Å². The summed E-state index contributed by atoms with van der Waals surface area (Å²) in [5, 5.41) is 23.9. The summed E-state index contributed by atoms with van der Waals surface area (Å²) in [5.41, 5.74) is 0.662. The van der Waals surface area contributed by atoms with E-state index in [1.165, 1.54) is 49.3 Å².